The maximum atomic E-state index is 11.2. The largest absolute Gasteiger partial charge is 0.451 e. The Balaban J connectivity index is 4.10. The van der Waals surface area contributed by atoms with Gasteiger partial charge in [0.25, 0.3) is 0 Å². The zero-order valence-electron chi connectivity index (χ0n) is 7.74. The molecule has 1 radical (unpaired) electrons. The molecule has 0 aromatic rings. The van der Waals surface area contributed by atoms with Crippen LogP contribution in [0.4, 0.5) is 0 Å². The highest BCUT2D eigenvalue weighted by atomic mass is 16.5. The van der Waals surface area contributed by atoms with E-state index in [-0.39, 0.29) is 12.2 Å². The van der Waals surface area contributed by atoms with E-state index in [4.69, 9.17) is 10.8 Å². The predicted octanol–water partition coefficient (Wildman–Crippen LogP) is -0.872. The summed E-state index contributed by atoms with van der Waals surface area (Å²) >= 11 is 0. The first-order chi connectivity index (χ1) is 5.93. The van der Waals surface area contributed by atoms with Crippen molar-refractivity contribution in [3.05, 3.63) is 0 Å². The van der Waals surface area contributed by atoms with Crippen molar-refractivity contribution in [1.82, 2.24) is 0 Å². The normalized spacial score (nSPS) is 13.5. The lowest BCUT2D eigenvalue weighted by Crippen LogP contribution is -2.39. The predicted molar refractivity (Wildman–Crippen MR) is 45.5 cm³/mol. The number of ether oxygens (including phenoxy) is 1. The third kappa shape index (κ3) is 4.59. The van der Waals surface area contributed by atoms with Gasteiger partial charge in [0, 0.05) is 6.42 Å². The standard InChI is InChI=1S/C8H14NO4/c1-8(2,13-5-11)3-7(12)6(9)4-10/h6,10H,3-4,9H2,1-2H3/t6-/m0/s1. The van der Waals surface area contributed by atoms with Crippen LogP contribution in [0.15, 0.2) is 0 Å². The SMILES string of the molecule is CC(C)(CC(=O)[C@@H](N)CO)O[C]=O. The van der Waals surface area contributed by atoms with Crippen LogP contribution in [0.3, 0.4) is 0 Å². The first kappa shape index (κ1) is 12.1. The summed E-state index contributed by atoms with van der Waals surface area (Å²) in [7, 11) is 0. The van der Waals surface area contributed by atoms with Gasteiger partial charge in [-0.25, -0.2) is 4.79 Å². The van der Waals surface area contributed by atoms with Crippen molar-refractivity contribution in [3.8, 4) is 0 Å². The van der Waals surface area contributed by atoms with Gasteiger partial charge in [0.15, 0.2) is 5.78 Å². The summed E-state index contributed by atoms with van der Waals surface area (Å²) in [5, 5.41) is 8.57. The molecule has 13 heavy (non-hydrogen) atoms. The smallest absolute Gasteiger partial charge is 0.418 e. The summed E-state index contributed by atoms with van der Waals surface area (Å²) in [6.45, 7) is 4.00. The first-order valence-electron chi connectivity index (χ1n) is 3.87. The molecule has 0 bridgehead atoms. The van der Waals surface area contributed by atoms with Crippen molar-refractivity contribution in [2.45, 2.75) is 31.9 Å². The number of aliphatic hydroxyl groups excluding tert-OH is 1. The molecule has 0 aromatic carbocycles. The third-order valence-electron chi connectivity index (χ3n) is 1.53. The Morgan fingerprint density at radius 2 is 2.23 bits per heavy atom. The molecular formula is C8H14NO4. The van der Waals surface area contributed by atoms with E-state index in [1.165, 1.54) is 6.47 Å². The highest BCUT2D eigenvalue weighted by Gasteiger charge is 2.26. The summed E-state index contributed by atoms with van der Waals surface area (Å²) < 4.78 is 4.53. The average Bonchev–Trinajstić information content (AvgIpc) is 2.01. The molecule has 0 spiro atoms. The zero-order chi connectivity index (χ0) is 10.5. The van der Waals surface area contributed by atoms with Crippen LogP contribution in [-0.4, -0.2) is 35.6 Å². The number of nitrogens with two attached hydrogens (primary N) is 1. The highest BCUT2D eigenvalue weighted by molar-refractivity contribution is 5.84. The van der Waals surface area contributed by atoms with E-state index in [9.17, 15) is 9.59 Å². The molecule has 5 nitrogen and oxygen atoms in total. The van der Waals surface area contributed by atoms with E-state index < -0.39 is 18.2 Å². The monoisotopic (exact) mass is 188 g/mol. The third-order valence-corrected chi connectivity index (χ3v) is 1.53. The molecule has 0 aliphatic rings. The van der Waals surface area contributed by atoms with Gasteiger partial charge in [-0.3, -0.25) is 4.79 Å². The topological polar surface area (TPSA) is 89.6 Å². The van der Waals surface area contributed by atoms with Crippen LogP contribution in [0.2, 0.25) is 0 Å². The van der Waals surface area contributed by atoms with Gasteiger partial charge in [0.2, 0.25) is 0 Å². The van der Waals surface area contributed by atoms with E-state index in [1.54, 1.807) is 13.8 Å². The Kier molecular flexibility index (Phi) is 4.58. The summed E-state index contributed by atoms with van der Waals surface area (Å²) in [5.74, 6) is -0.345. The minimum absolute atomic E-state index is 0.0238. The molecule has 3 N–H and O–H groups in total. The second kappa shape index (κ2) is 4.94. The quantitative estimate of drug-likeness (QED) is 0.565. The fraction of sp³-hybridized carbons (Fsp3) is 0.750. The van der Waals surface area contributed by atoms with Gasteiger partial charge in [-0.15, -0.1) is 0 Å². The maximum absolute atomic E-state index is 11.2. The molecule has 0 unspecified atom stereocenters. The van der Waals surface area contributed by atoms with E-state index in [0.29, 0.717) is 0 Å². The number of aliphatic hydroxyl groups is 1. The Morgan fingerprint density at radius 1 is 1.69 bits per heavy atom. The van der Waals surface area contributed by atoms with Gasteiger partial charge >= 0.3 is 6.47 Å². The molecule has 0 rings (SSSR count). The fourth-order valence-corrected chi connectivity index (χ4v) is 0.801. The number of Topliss-reactive ketones (excluding diaryl/α,β-unsaturated/α-hetero) is 1. The molecular weight excluding hydrogens is 174 g/mol. The summed E-state index contributed by atoms with van der Waals surface area (Å²) in [5.41, 5.74) is 4.36. The number of hydrogen-bond donors (Lipinski definition) is 2. The van der Waals surface area contributed by atoms with Crippen molar-refractivity contribution >= 4 is 12.3 Å². The lowest BCUT2D eigenvalue weighted by Gasteiger charge is -2.22. The van der Waals surface area contributed by atoms with Crippen molar-refractivity contribution < 1.29 is 19.4 Å². The van der Waals surface area contributed by atoms with Crippen LogP contribution < -0.4 is 5.73 Å². The average molecular weight is 188 g/mol. The zero-order valence-corrected chi connectivity index (χ0v) is 7.74. The van der Waals surface area contributed by atoms with Gasteiger partial charge in [-0.1, -0.05) is 0 Å². The molecule has 0 saturated carbocycles. The van der Waals surface area contributed by atoms with Crippen LogP contribution in [0.25, 0.3) is 0 Å². The Bertz CT molecular complexity index is 191. The van der Waals surface area contributed by atoms with Crippen LogP contribution in [-0.2, 0) is 14.3 Å². The highest BCUT2D eigenvalue weighted by Crippen LogP contribution is 2.14. The molecule has 5 heteroatoms. The summed E-state index contributed by atoms with van der Waals surface area (Å²) in [4.78, 5) is 21.1. The molecule has 0 saturated heterocycles. The van der Waals surface area contributed by atoms with Crippen molar-refractivity contribution in [2.75, 3.05) is 6.61 Å². The van der Waals surface area contributed by atoms with Crippen LogP contribution in [0.5, 0.6) is 0 Å². The second-order valence-electron chi connectivity index (χ2n) is 3.38. The Labute approximate surface area is 76.9 Å². The van der Waals surface area contributed by atoms with Gasteiger partial charge in [-0.05, 0) is 13.8 Å². The minimum Gasteiger partial charge on any atom is -0.451 e. The van der Waals surface area contributed by atoms with E-state index >= 15 is 0 Å². The number of carbonyl (C=O) groups excluding carboxylic acids is 2. The molecule has 0 aromatic heterocycles. The summed E-state index contributed by atoms with van der Waals surface area (Å²) in [6, 6.07) is -0.908. The Morgan fingerprint density at radius 3 is 2.62 bits per heavy atom. The van der Waals surface area contributed by atoms with Crippen LogP contribution >= 0.6 is 0 Å². The lowest BCUT2D eigenvalue weighted by atomic mass is 9.98. The lowest BCUT2D eigenvalue weighted by molar-refractivity contribution is -0.124. The number of rotatable bonds is 6. The fourth-order valence-electron chi connectivity index (χ4n) is 0.801. The molecule has 0 aliphatic heterocycles. The van der Waals surface area contributed by atoms with E-state index in [2.05, 4.69) is 4.74 Å². The van der Waals surface area contributed by atoms with Gasteiger partial charge < -0.3 is 15.6 Å². The van der Waals surface area contributed by atoms with Crippen LogP contribution in [0.1, 0.15) is 20.3 Å². The van der Waals surface area contributed by atoms with Crippen LogP contribution in [0, 0.1) is 0 Å². The van der Waals surface area contributed by atoms with Crippen molar-refractivity contribution in [2.24, 2.45) is 5.73 Å². The molecule has 75 valence electrons. The van der Waals surface area contributed by atoms with Gasteiger partial charge in [0.1, 0.15) is 5.60 Å². The molecule has 0 heterocycles. The molecule has 0 fully saturated rings. The minimum atomic E-state index is -0.911. The van der Waals surface area contributed by atoms with Crippen molar-refractivity contribution in [1.29, 1.82) is 0 Å². The second-order valence-corrected chi connectivity index (χ2v) is 3.38. The van der Waals surface area contributed by atoms with Gasteiger partial charge in [0.05, 0.1) is 12.6 Å². The number of hydrogen-bond acceptors (Lipinski definition) is 5. The first-order valence-corrected chi connectivity index (χ1v) is 3.87. The van der Waals surface area contributed by atoms with E-state index in [1.807, 2.05) is 0 Å². The summed E-state index contributed by atoms with van der Waals surface area (Å²) in [6.07, 6.45) is -0.0238. The molecule has 0 amide bonds. The van der Waals surface area contributed by atoms with Gasteiger partial charge in [-0.2, -0.15) is 0 Å². The van der Waals surface area contributed by atoms with E-state index in [0.717, 1.165) is 0 Å². The number of ketones is 1. The number of carbonyl (C=O) groups is 1. The molecule has 1 atom stereocenters. The van der Waals surface area contributed by atoms with Crippen molar-refractivity contribution in [3.63, 3.8) is 0 Å². The Hall–Kier alpha value is -0.940. The maximum Gasteiger partial charge on any atom is 0.418 e. The molecule has 0 aliphatic carbocycles.